The van der Waals surface area contributed by atoms with E-state index >= 15 is 0 Å². The van der Waals surface area contributed by atoms with E-state index in [2.05, 4.69) is 15.8 Å². The van der Waals surface area contributed by atoms with Crippen molar-refractivity contribution >= 4 is 23.8 Å². The van der Waals surface area contributed by atoms with E-state index in [9.17, 15) is 9.59 Å². The topological polar surface area (TPSA) is 111 Å². The van der Waals surface area contributed by atoms with Crippen LogP contribution >= 0.6 is 0 Å². The Morgan fingerprint density at radius 3 is 2.84 bits per heavy atom. The van der Waals surface area contributed by atoms with Crippen LogP contribution in [-0.4, -0.2) is 38.0 Å². The fraction of sp³-hybridized carbons (Fsp3) is 0.174. The first-order valence-electron chi connectivity index (χ1n) is 9.95. The first-order valence-corrected chi connectivity index (χ1v) is 9.95. The van der Waals surface area contributed by atoms with Gasteiger partial charge in [-0.1, -0.05) is 12.1 Å². The van der Waals surface area contributed by atoms with Gasteiger partial charge in [0.25, 0.3) is 5.91 Å². The number of amides is 1. The Hall–Kier alpha value is -4.27. The van der Waals surface area contributed by atoms with Crippen LogP contribution in [0.1, 0.15) is 23.0 Å². The summed E-state index contributed by atoms with van der Waals surface area (Å²) in [6, 6.07) is 15.8. The van der Waals surface area contributed by atoms with E-state index in [0.717, 1.165) is 11.3 Å². The summed E-state index contributed by atoms with van der Waals surface area (Å²) >= 11 is 0. The molecule has 164 valence electrons. The molecule has 2 aromatic carbocycles. The summed E-state index contributed by atoms with van der Waals surface area (Å²) in [5.74, 6) is 1.61. The lowest BCUT2D eigenvalue weighted by atomic mass is 10.1. The summed E-state index contributed by atoms with van der Waals surface area (Å²) in [6.07, 6.45) is 1.40. The van der Waals surface area contributed by atoms with E-state index in [-0.39, 0.29) is 25.2 Å². The van der Waals surface area contributed by atoms with Crippen LogP contribution in [-0.2, 0) is 9.53 Å². The van der Waals surface area contributed by atoms with Crippen LogP contribution in [0.5, 0.6) is 11.5 Å². The highest BCUT2D eigenvalue weighted by Gasteiger charge is 2.13. The van der Waals surface area contributed by atoms with Gasteiger partial charge in [0.2, 0.25) is 6.79 Å². The van der Waals surface area contributed by atoms with Crippen LogP contribution in [0.15, 0.2) is 64.1 Å². The molecule has 0 spiro atoms. The molecule has 32 heavy (non-hydrogen) atoms. The van der Waals surface area contributed by atoms with Gasteiger partial charge in [0, 0.05) is 17.3 Å². The number of benzene rings is 2. The molecule has 3 aromatic rings. The second-order valence-electron chi connectivity index (χ2n) is 6.72. The smallest absolute Gasteiger partial charge is 0.338 e. The summed E-state index contributed by atoms with van der Waals surface area (Å²) < 4.78 is 21.3. The largest absolute Gasteiger partial charge is 0.462 e. The van der Waals surface area contributed by atoms with Crippen molar-refractivity contribution in [2.75, 3.05) is 25.3 Å². The molecule has 4 rings (SSSR count). The first-order chi connectivity index (χ1) is 15.6. The molecule has 1 aromatic heterocycles. The Kier molecular flexibility index (Phi) is 6.35. The SMILES string of the molecule is CCOC(=O)c1cccc(-c2ccc(/C=N\NC(=O)CNc3ccc4c(c3)OCO4)o2)c1. The number of rotatable bonds is 8. The van der Waals surface area contributed by atoms with Gasteiger partial charge in [0.05, 0.1) is 24.9 Å². The van der Waals surface area contributed by atoms with Crippen molar-refractivity contribution in [1.29, 1.82) is 0 Å². The summed E-state index contributed by atoms with van der Waals surface area (Å²) in [5, 5.41) is 6.90. The molecule has 1 amide bonds. The number of anilines is 1. The zero-order chi connectivity index (χ0) is 22.3. The molecule has 9 nitrogen and oxygen atoms in total. The lowest BCUT2D eigenvalue weighted by Gasteiger charge is -2.06. The fourth-order valence-corrected chi connectivity index (χ4v) is 2.99. The number of hydrazone groups is 1. The number of hydrogen-bond donors (Lipinski definition) is 2. The number of carbonyl (C=O) groups excluding carboxylic acids is 2. The highest BCUT2D eigenvalue weighted by atomic mass is 16.7. The quantitative estimate of drug-likeness (QED) is 0.317. The molecule has 0 unspecified atom stereocenters. The van der Waals surface area contributed by atoms with Crippen molar-refractivity contribution in [3.8, 4) is 22.8 Å². The van der Waals surface area contributed by atoms with E-state index in [1.54, 1.807) is 55.5 Å². The number of hydrogen-bond acceptors (Lipinski definition) is 8. The van der Waals surface area contributed by atoms with Gasteiger partial charge < -0.3 is 23.9 Å². The van der Waals surface area contributed by atoms with E-state index < -0.39 is 0 Å². The summed E-state index contributed by atoms with van der Waals surface area (Å²) in [4.78, 5) is 23.9. The lowest BCUT2D eigenvalue weighted by Crippen LogP contribution is -2.25. The average molecular weight is 435 g/mol. The molecule has 1 aliphatic rings. The van der Waals surface area contributed by atoms with Crippen LogP contribution in [0, 0.1) is 0 Å². The monoisotopic (exact) mass is 435 g/mol. The van der Waals surface area contributed by atoms with Crippen LogP contribution in [0.2, 0.25) is 0 Å². The summed E-state index contributed by atoms with van der Waals surface area (Å²) in [6.45, 7) is 2.29. The predicted octanol–water partition coefficient (Wildman–Crippen LogP) is 3.41. The van der Waals surface area contributed by atoms with Gasteiger partial charge in [-0.05, 0) is 43.3 Å². The Morgan fingerprint density at radius 2 is 1.97 bits per heavy atom. The molecule has 2 N–H and O–H groups in total. The second-order valence-corrected chi connectivity index (χ2v) is 6.72. The van der Waals surface area contributed by atoms with Gasteiger partial charge in [-0.15, -0.1) is 0 Å². The average Bonchev–Trinajstić information content (AvgIpc) is 3.47. The number of nitrogens with one attached hydrogen (secondary N) is 2. The van der Waals surface area contributed by atoms with Gasteiger partial charge >= 0.3 is 5.97 Å². The molecule has 0 saturated carbocycles. The van der Waals surface area contributed by atoms with Crippen LogP contribution in [0.4, 0.5) is 5.69 Å². The van der Waals surface area contributed by atoms with Gasteiger partial charge in [-0.25, -0.2) is 10.2 Å². The number of esters is 1. The Labute approximate surface area is 184 Å². The maximum Gasteiger partial charge on any atom is 0.338 e. The minimum atomic E-state index is -0.389. The highest BCUT2D eigenvalue weighted by molar-refractivity contribution is 5.91. The third-order valence-corrected chi connectivity index (χ3v) is 4.49. The van der Waals surface area contributed by atoms with Gasteiger partial charge in [0.1, 0.15) is 11.5 Å². The fourth-order valence-electron chi connectivity index (χ4n) is 2.99. The summed E-state index contributed by atoms with van der Waals surface area (Å²) in [7, 11) is 0. The molecule has 2 heterocycles. The minimum absolute atomic E-state index is 0.0288. The van der Waals surface area contributed by atoms with Crippen molar-refractivity contribution in [2.24, 2.45) is 5.10 Å². The lowest BCUT2D eigenvalue weighted by molar-refractivity contribution is -0.119. The van der Waals surface area contributed by atoms with Gasteiger partial charge in [-0.2, -0.15) is 5.10 Å². The van der Waals surface area contributed by atoms with Crippen molar-refractivity contribution in [1.82, 2.24) is 5.43 Å². The van der Waals surface area contributed by atoms with E-state index in [0.29, 0.717) is 35.2 Å². The highest BCUT2D eigenvalue weighted by Crippen LogP contribution is 2.34. The zero-order valence-electron chi connectivity index (χ0n) is 17.3. The maximum absolute atomic E-state index is 12.0. The molecule has 1 aliphatic heterocycles. The number of furan rings is 1. The van der Waals surface area contributed by atoms with Crippen molar-refractivity contribution in [3.05, 3.63) is 65.9 Å². The second kappa shape index (κ2) is 9.69. The molecular formula is C23H21N3O6. The predicted molar refractivity (Wildman–Crippen MR) is 117 cm³/mol. The maximum atomic E-state index is 12.0. The van der Waals surface area contributed by atoms with Gasteiger partial charge in [-0.3, -0.25) is 4.79 Å². The van der Waals surface area contributed by atoms with E-state index in [1.165, 1.54) is 6.21 Å². The normalized spacial score (nSPS) is 12.0. The first kappa shape index (κ1) is 21.0. The Balaban J connectivity index is 1.30. The summed E-state index contributed by atoms with van der Waals surface area (Å²) in [5.41, 5.74) is 4.33. The third-order valence-electron chi connectivity index (χ3n) is 4.49. The number of fused-ring (bicyclic) bond motifs is 1. The minimum Gasteiger partial charge on any atom is -0.462 e. The molecule has 0 bridgehead atoms. The molecule has 0 fully saturated rings. The van der Waals surface area contributed by atoms with Crippen molar-refractivity contribution in [2.45, 2.75) is 6.92 Å². The van der Waals surface area contributed by atoms with Crippen LogP contribution in [0.25, 0.3) is 11.3 Å². The van der Waals surface area contributed by atoms with Crippen LogP contribution in [0.3, 0.4) is 0 Å². The van der Waals surface area contributed by atoms with E-state index in [4.69, 9.17) is 18.6 Å². The number of ether oxygens (including phenoxy) is 3. The third kappa shape index (κ3) is 5.07. The van der Waals surface area contributed by atoms with Crippen LogP contribution < -0.4 is 20.2 Å². The molecular weight excluding hydrogens is 414 g/mol. The van der Waals surface area contributed by atoms with Gasteiger partial charge in [0.15, 0.2) is 11.5 Å². The molecule has 0 aliphatic carbocycles. The standard InChI is InChI=1S/C23H21N3O6/c1-2-29-23(28)16-5-3-4-15(10-16)19-9-7-18(32-19)12-25-26-22(27)13-24-17-6-8-20-21(11-17)31-14-30-20/h3-12,24H,2,13-14H2,1H3,(H,26,27)/b25-12-. The number of nitrogens with zero attached hydrogens (tertiary/aromatic N) is 1. The molecule has 0 radical (unpaired) electrons. The Morgan fingerprint density at radius 1 is 1.09 bits per heavy atom. The van der Waals surface area contributed by atoms with Crippen molar-refractivity contribution < 1.29 is 28.2 Å². The molecule has 0 atom stereocenters. The van der Waals surface area contributed by atoms with Crippen molar-refractivity contribution in [3.63, 3.8) is 0 Å². The molecule has 0 saturated heterocycles. The zero-order valence-corrected chi connectivity index (χ0v) is 17.3. The Bertz CT molecular complexity index is 1150. The number of carbonyl (C=O) groups is 2. The molecule has 9 heteroatoms. The van der Waals surface area contributed by atoms with E-state index in [1.807, 2.05) is 6.07 Å².